The van der Waals surface area contributed by atoms with E-state index in [1.54, 1.807) is 15.3 Å². The number of imidazole rings is 1. The van der Waals surface area contributed by atoms with Gasteiger partial charge in [-0.1, -0.05) is 29.8 Å². The Morgan fingerprint density at radius 1 is 1.16 bits per heavy atom. The van der Waals surface area contributed by atoms with Gasteiger partial charge in [-0.15, -0.1) is 0 Å². The predicted molar refractivity (Wildman–Crippen MR) is 95.1 cm³/mol. The molecule has 0 N–H and O–H groups in total. The highest BCUT2D eigenvalue weighted by Gasteiger charge is 2.22. The summed E-state index contributed by atoms with van der Waals surface area (Å²) >= 11 is 0. The lowest BCUT2D eigenvalue weighted by molar-refractivity contribution is 0.0832. The molecule has 0 aliphatic carbocycles. The molecule has 0 radical (unpaired) electrons. The first-order valence-corrected chi connectivity index (χ1v) is 8.72. The summed E-state index contributed by atoms with van der Waals surface area (Å²) < 4.78 is 8.88. The van der Waals surface area contributed by atoms with Gasteiger partial charge in [-0.2, -0.15) is 5.10 Å². The highest BCUT2D eigenvalue weighted by molar-refractivity contribution is 5.43. The Hall–Kier alpha value is -2.47. The van der Waals surface area contributed by atoms with Gasteiger partial charge in [0.05, 0.1) is 12.7 Å². The molecule has 0 unspecified atom stereocenters. The largest absolute Gasteiger partial charge is 0.381 e. The normalized spacial score (nSPS) is 15.8. The van der Waals surface area contributed by atoms with Crippen molar-refractivity contribution >= 4 is 5.52 Å². The molecule has 3 heterocycles. The average molecular weight is 338 g/mol. The number of fused-ring (bicyclic) bond motifs is 1. The van der Waals surface area contributed by atoms with Crippen LogP contribution in [0.4, 0.5) is 0 Å². The van der Waals surface area contributed by atoms with Gasteiger partial charge in [0.15, 0.2) is 5.52 Å². The van der Waals surface area contributed by atoms with E-state index in [2.05, 4.69) is 41.3 Å². The Morgan fingerprint density at radius 2 is 1.88 bits per heavy atom. The Labute approximate surface area is 146 Å². The fourth-order valence-corrected chi connectivity index (χ4v) is 3.39. The van der Waals surface area contributed by atoms with E-state index in [1.165, 1.54) is 5.56 Å². The third kappa shape index (κ3) is 2.98. The topological polar surface area (TPSA) is 61.4 Å². The van der Waals surface area contributed by atoms with Crippen LogP contribution in [0, 0.1) is 13.8 Å². The van der Waals surface area contributed by atoms with Crippen LogP contribution < -0.4 is 5.56 Å². The van der Waals surface area contributed by atoms with E-state index >= 15 is 0 Å². The number of hydrogen-bond acceptors (Lipinski definition) is 4. The molecule has 1 aromatic carbocycles. The number of ether oxygens (including phenoxy) is 1. The summed E-state index contributed by atoms with van der Waals surface area (Å²) in [6.07, 6.45) is 3.50. The smallest absolute Gasteiger partial charge is 0.279 e. The first kappa shape index (κ1) is 16.0. The lowest BCUT2D eigenvalue weighted by Gasteiger charge is -2.20. The van der Waals surface area contributed by atoms with Gasteiger partial charge in [0, 0.05) is 19.1 Å². The SMILES string of the molecule is Cc1ccc(Cn2c(C)nn3c(C4CCOCC4)ncc3c2=O)cc1. The van der Waals surface area contributed by atoms with E-state index in [4.69, 9.17) is 4.74 Å². The van der Waals surface area contributed by atoms with Crippen molar-refractivity contribution in [3.8, 4) is 0 Å². The highest BCUT2D eigenvalue weighted by atomic mass is 16.5. The number of nitrogens with zero attached hydrogens (tertiary/aromatic N) is 4. The van der Waals surface area contributed by atoms with Gasteiger partial charge in [-0.25, -0.2) is 9.50 Å². The minimum absolute atomic E-state index is 0.0427. The zero-order valence-corrected chi connectivity index (χ0v) is 14.6. The molecule has 3 aromatic rings. The molecule has 25 heavy (non-hydrogen) atoms. The van der Waals surface area contributed by atoms with Gasteiger partial charge >= 0.3 is 0 Å². The molecule has 130 valence electrons. The van der Waals surface area contributed by atoms with Crippen molar-refractivity contribution in [2.45, 2.75) is 39.2 Å². The van der Waals surface area contributed by atoms with Crippen LogP contribution in [0.25, 0.3) is 5.52 Å². The molecular weight excluding hydrogens is 316 g/mol. The number of rotatable bonds is 3. The van der Waals surface area contributed by atoms with Crippen LogP contribution in [0.15, 0.2) is 35.3 Å². The molecule has 0 bridgehead atoms. The number of hydrogen-bond donors (Lipinski definition) is 0. The average Bonchev–Trinajstić information content (AvgIpc) is 3.05. The Kier molecular flexibility index (Phi) is 4.13. The molecule has 0 spiro atoms. The molecule has 4 rings (SSSR count). The number of benzene rings is 1. The quantitative estimate of drug-likeness (QED) is 0.736. The molecule has 0 saturated carbocycles. The number of aryl methyl sites for hydroxylation is 2. The molecule has 6 nitrogen and oxygen atoms in total. The molecule has 0 atom stereocenters. The van der Waals surface area contributed by atoms with Crippen molar-refractivity contribution in [1.29, 1.82) is 0 Å². The van der Waals surface area contributed by atoms with Crippen molar-refractivity contribution in [3.05, 3.63) is 63.6 Å². The molecule has 1 aliphatic heterocycles. The second kappa shape index (κ2) is 6.44. The monoisotopic (exact) mass is 338 g/mol. The van der Waals surface area contributed by atoms with Gasteiger partial charge in [0.1, 0.15) is 11.6 Å². The van der Waals surface area contributed by atoms with Crippen molar-refractivity contribution in [2.75, 3.05) is 13.2 Å². The molecule has 1 aliphatic rings. The second-order valence-corrected chi connectivity index (χ2v) is 6.72. The first-order chi connectivity index (χ1) is 12.1. The van der Waals surface area contributed by atoms with Crippen LogP contribution in [-0.4, -0.2) is 32.4 Å². The van der Waals surface area contributed by atoms with Crippen LogP contribution in [0.1, 0.15) is 41.5 Å². The fraction of sp³-hybridized carbons (Fsp3) is 0.421. The molecule has 2 aromatic heterocycles. The maximum atomic E-state index is 13.0. The van der Waals surface area contributed by atoms with Crippen molar-refractivity contribution in [1.82, 2.24) is 19.2 Å². The zero-order chi connectivity index (χ0) is 17.4. The van der Waals surface area contributed by atoms with Crippen molar-refractivity contribution < 1.29 is 4.74 Å². The van der Waals surface area contributed by atoms with E-state index in [0.717, 1.165) is 37.4 Å². The van der Waals surface area contributed by atoms with E-state index < -0.39 is 0 Å². The maximum Gasteiger partial charge on any atom is 0.279 e. The fourth-order valence-electron chi connectivity index (χ4n) is 3.39. The summed E-state index contributed by atoms with van der Waals surface area (Å²) in [6, 6.07) is 8.22. The minimum atomic E-state index is -0.0427. The van der Waals surface area contributed by atoms with E-state index in [0.29, 0.717) is 23.8 Å². The molecule has 1 fully saturated rings. The minimum Gasteiger partial charge on any atom is -0.381 e. The van der Waals surface area contributed by atoms with Gasteiger partial charge in [-0.3, -0.25) is 9.36 Å². The summed E-state index contributed by atoms with van der Waals surface area (Å²) in [4.78, 5) is 17.5. The van der Waals surface area contributed by atoms with Crippen LogP contribution in [0.3, 0.4) is 0 Å². The summed E-state index contributed by atoms with van der Waals surface area (Å²) in [5.41, 5.74) is 2.79. The van der Waals surface area contributed by atoms with Crippen molar-refractivity contribution in [3.63, 3.8) is 0 Å². The summed E-state index contributed by atoms with van der Waals surface area (Å²) in [6.45, 7) is 5.93. The maximum absolute atomic E-state index is 13.0. The van der Waals surface area contributed by atoms with Gasteiger partial charge in [0.25, 0.3) is 5.56 Å². The second-order valence-electron chi connectivity index (χ2n) is 6.72. The lowest BCUT2D eigenvalue weighted by Crippen LogP contribution is -2.27. The van der Waals surface area contributed by atoms with Crippen LogP contribution in [0.2, 0.25) is 0 Å². The van der Waals surface area contributed by atoms with E-state index in [1.807, 2.05) is 6.92 Å². The van der Waals surface area contributed by atoms with Gasteiger partial charge < -0.3 is 4.74 Å². The number of aromatic nitrogens is 4. The van der Waals surface area contributed by atoms with Crippen molar-refractivity contribution in [2.24, 2.45) is 0 Å². The molecule has 6 heteroatoms. The van der Waals surface area contributed by atoms with Gasteiger partial charge in [-0.05, 0) is 32.3 Å². The molecular formula is C19H22N4O2. The first-order valence-electron chi connectivity index (χ1n) is 8.72. The highest BCUT2D eigenvalue weighted by Crippen LogP contribution is 2.25. The standard InChI is InChI=1S/C19H22N4O2/c1-13-3-5-15(6-4-13)12-22-14(2)21-23-17(19(22)24)11-20-18(23)16-7-9-25-10-8-16/h3-6,11,16H,7-10,12H2,1-2H3. The summed E-state index contributed by atoms with van der Waals surface area (Å²) in [5, 5.41) is 4.66. The third-order valence-corrected chi connectivity index (χ3v) is 4.91. The Balaban J connectivity index is 1.74. The van der Waals surface area contributed by atoms with Crippen LogP contribution >= 0.6 is 0 Å². The summed E-state index contributed by atoms with van der Waals surface area (Å²) in [7, 11) is 0. The summed E-state index contributed by atoms with van der Waals surface area (Å²) in [5.74, 6) is 1.88. The molecule has 0 amide bonds. The lowest BCUT2D eigenvalue weighted by atomic mass is 10.00. The predicted octanol–water partition coefficient (Wildman–Crippen LogP) is 2.45. The van der Waals surface area contributed by atoms with Crippen LogP contribution in [-0.2, 0) is 11.3 Å². The van der Waals surface area contributed by atoms with E-state index in [9.17, 15) is 4.79 Å². The molecule has 1 saturated heterocycles. The Bertz CT molecular complexity index is 950. The Morgan fingerprint density at radius 3 is 2.60 bits per heavy atom. The third-order valence-electron chi connectivity index (χ3n) is 4.91. The van der Waals surface area contributed by atoms with E-state index in [-0.39, 0.29) is 5.56 Å². The van der Waals surface area contributed by atoms with Crippen LogP contribution in [0.5, 0.6) is 0 Å². The zero-order valence-electron chi connectivity index (χ0n) is 14.6. The van der Waals surface area contributed by atoms with Gasteiger partial charge in [0.2, 0.25) is 0 Å².